The number of ether oxygens (including phenoxy) is 1. The minimum atomic E-state index is -0.487. The quantitative estimate of drug-likeness (QED) is 0.458. The van der Waals surface area contributed by atoms with Crippen LogP contribution in [0.4, 0.5) is 5.69 Å². The number of methoxy groups -OCH3 is 1. The van der Waals surface area contributed by atoms with Gasteiger partial charge in [0.05, 0.1) is 17.6 Å². The third-order valence-corrected chi connectivity index (χ3v) is 2.90. The smallest absolute Gasteiger partial charge is 0.337 e. The van der Waals surface area contributed by atoms with Gasteiger partial charge in [0.25, 0.3) is 5.69 Å². The van der Waals surface area contributed by atoms with E-state index in [4.69, 9.17) is 0 Å². The molecule has 0 aliphatic heterocycles. The number of rotatable bonds is 3. The number of aromatic nitrogens is 1. The Morgan fingerprint density at radius 1 is 1.12 bits per heavy atom. The van der Waals surface area contributed by atoms with E-state index in [0.717, 1.165) is 5.56 Å². The zero-order valence-electron chi connectivity index (χ0n) is 15.0. The summed E-state index contributed by atoms with van der Waals surface area (Å²) < 4.78 is 4.62. The van der Waals surface area contributed by atoms with E-state index in [1.165, 1.54) is 19.4 Å². The van der Waals surface area contributed by atoms with E-state index >= 15 is 0 Å². The third kappa shape index (κ3) is 5.46. The third-order valence-electron chi connectivity index (χ3n) is 2.90. The van der Waals surface area contributed by atoms with Crippen LogP contribution in [0.25, 0.3) is 11.1 Å². The monoisotopic (exact) mass is 332 g/mol. The largest absolute Gasteiger partial charge is 0.465 e. The van der Waals surface area contributed by atoms with Gasteiger partial charge in [0, 0.05) is 17.3 Å². The second kappa shape index (κ2) is 10.9. The standard InChI is InChI=1S/C14H12N2O4.2C2H6/c1-9-13(7-12(8-15-9)16(18)19)10-3-5-11(6-4-10)14(17)20-2;2*1-2/h3-8H,1-2H3;2*1-2H3. The first-order chi connectivity index (χ1) is 11.5. The van der Waals surface area contributed by atoms with E-state index in [9.17, 15) is 14.9 Å². The number of carbonyl (C=O) groups is 1. The van der Waals surface area contributed by atoms with Crippen molar-refractivity contribution in [1.82, 2.24) is 4.98 Å². The summed E-state index contributed by atoms with van der Waals surface area (Å²) in [5.74, 6) is -0.426. The van der Waals surface area contributed by atoms with Crippen molar-refractivity contribution in [3.63, 3.8) is 0 Å². The van der Waals surface area contributed by atoms with Crippen molar-refractivity contribution in [3.05, 3.63) is 57.9 Å². The highest BCUT2D eigenvalue weighted by molar-refractivity contribution is 5.90. The average molecular weight is 332 g/mol. The molecule has 0 N–H and O–H groups in total. The lowest BCUT2D eigenvalue weighted by Gasteiger charge is -2.06. The lowest BCUT2D eigenvalue weighted by atomic mass is 10.0. The number of hydrogen-bond donors (Lipinski definition) is 0. The molecule has 0 aliphatic rings. The van der Waals surface area contributed by atoms with Crippen molar-refractivity contribution in [2.24, 2.45) is 0 Å². The summed E-state index contributed by atoms with van der Waals surface area (Å²) in [7, 11) is 1.31. The predicted octanol–water partition coefficient (Wildman–Crippen LogP) is 4.80. The molecule has 0 radical (unpaired) electrons. The Hall–Kier alpha value is -2.76. The van der Waals surface area contributed by atoms with E-state index in [1.807, 2.05) is 27.7 Å². The fourth-order valence-electron chi connectivity index (χ4n) is 1.82. The van der Waals surface area contributed by atoms with E-state index in [-0.39, 0.29) is 5.69 Å². The summed E-state index contributed by atoms with van der Waals surface area (Å²) >= 11 is 0. The van der Waals surface area contributed by atoms with E-state index in [0.29, 0.717) is 16.8 Å². The Morgan fingerprint density at radius 2 is 1.67 bits per heavy atom. The number of hydrogen-bond acceptors (Lipinski definition) is 5. The molecule has 6 nitrogen and oxygen atoms in total. The van der Waals surface area contributed by atoms with Gasteiger partial charge < -0.3 is 4.74 Å². The van der Waals surface area contributed by atoms with Gasteiger partial charge in [0.2, 0.25) is 0 Å². The summed E-state index contributed by atoms with van der Waals surface area (Å²) in [5.41, 5.74) is 2.46. The Bertz CT molecular complexity index is 667. The Labute approximate surface area is 142 Å². The maximum Gasteiger partial charge on any atom is 0.337 e. The molecule has 0 amide bonds. The van der Waals surface area contributed by atoms with Crippen LogP contribution in [0.15, 0.2) is 36.5 Å². The van der Waals surface area contributed by atoms with Crippen LogP contribution in [-0.4, -0.2) is 23.0 Å². The lowest BCUT2D eigenvalue weighted by Crippen LogP contribution is -2.00. The number of benzene rings is 1. The molecular weight excluding hydrogens is 308 g/mol. The highest BCUT2D eigenvalue weighted by atomic mass is 16.6. The molecular formula is C18H24N2O4. The van der Waals surface area contributed by atoms with Crippen LogP contribution in [0.5, 0.6) is 0 Å². The highest BCUT2D eigenvalue weighted by Gasteiger charge is 2.12. The van der Waals surface area contributed by atoms with Crippen LogP contribution < -0.4 is 0 Å². The van der Waals surface area contributed by atoms with Crippen molar-refractivity contribution in [2.75, 3.05) is 7.11 Å². The van der Waals surface area contributed by atoms with Gasteiger partial charge >= 0.3 is 5.97 Å². The minimum Gasteiger partial charge on any atom is -0.465 e. The zero-order valence-corrected chi connectivity index (χ0v) is 15.0. The van der Waals surface area contributed by atoms with Gasteiger partial charge in [-0.05, 0) is 24.6 Å². The van der Waals surface area contributed by atoms with Gasteiger partial charge in [-0.15, -0.1) is 0 Å². The van der Waals surface area contributed by atoms with Crippen molar-refractivity contribution in [2.45, 2.75) is 34.6 Å². The average Bonchev–Trinajstić information content (AvgIpc) is 2.64. The number of esters is 1. The summed E-state index contributed by atoms with van der Waals surface area (Å²) in [6, 6.07) is 8.11. The van der Waals surface area contributed by atoms with Gasteiger partial charge in [-0.25, -0.2) is 4.79 Å². The zero-order chi connectivity index (χ0) is 18.7. The molecule has 1 heterocycles. The first kappa shape index (κ1) is 21.2. The maximum atomic E-state index is 11.3. The van der Waals surface area contributed by atoms with Gasteiger partial charge in [0.15, 0.2) is 0 Å². The first-order valence-corrected chi connectivity index (χ1v) is 7.82. The maximum absolute atomic E-state index is 11.3. The fourth-order valence-corrected chi connectivity index (χ4v) is 1.82. The molecule has 130 valence electrons. The lowest BCUT2D eigenvalue weighted by molar-refractivity contribution is -0.385. The molecule has 0 atom stereocenters. The molecule has 0 spiro atoms. The fraction of sp³-hybridized carbons (Fsp3) is 0.333. The summed E-state index contributed by atoms with van der Waals surface area (Å²) in [6.45, 7) is 9.77. The van der Waals surface area contributed by atoms with Crippen LogP contribution in [-0.2, 0) is 4.74 Å². The molecule has 0 bridgehead atoms. The predicted molar refractivity (Wildman–Crippen MR) is 95.1 cm³/mol. The summed E-state index contributed by atoms with van der Waals surface area (Å²) in [6.07, 6.45) is 1.22. The highest BCUT2D eigenvalue weighted by Crippen LogP contribution is 2.26. The van der Waals surface area contributed by atoms with Gasteiger partial charge in [-0.1, -0.05) is 39.8 Å². The SMILES string of the molecule is CC.CC.COC(=O)c1ccc(-c2cc([N+](=O)[O-])cnc2C)cc1. The Balaban J connectivity index is 0.00000123. The molecule has 0 saturated carbocycles. The summed E-state index contributed by atoms with van der Waals surface area (Å²) in [4.78, 5) is 25.7. The van der Waals surface area contributed by atoms with Crippen LogP contribution in [0.1, 0.15) is 43.7 Å². The van der Waals surface area contributed by atoms with Gasteiger partial charge in [-0.3, -0.25) is 15.1 Å². The number of nitrogens with zero attached hydrogens (tertiary/aromatic N) is 2. The van der Waals surface area contributed by atoms with Gasteiger partial charge in [-0.2, -0.15) is 0 Å². The molecule has 2 rings (SSSR count). The molecule has 2 aromatic rings. The molecule has 0 fully saturated rings. The van der Waals surface area contributed by atoms with Crippen LogP contribution >= 0.6 is 0 Å². The topological polar surface area (TPSA) is 82.3 Å². The molecule has 1 aromatic carbocycles. The van der Waals surface area contributed by atoms with E-state index in [2.05, 4.69) is 9.72 Å². The number of pyridine rings is 1. The minimum absolute atomic E-state index is 0.0670. The van der Waals surface area contributed by atoms with Crippen LogP contribution in [0, 0.1) is 17.0 Å². The van der Waals surface area contributed by atoms with Crippen LogP contribution in [0.3, 0.4) is 0 Å². The molecule has 1 aromatic heterocycles. The van der Waals surface area contributed by atoms with E-state index in [1.54, 1.807) is 31.2 Å². The molecule has 0 unspecified atom stereocenters. The van der Waals surface area contributed by atoms with Crippen molar-refractivity contribution in [1.29, 1.82) is 0 Å². The number of nitro groups is 1. The Morgan fingerprint density at radius 3 is 2.12 bits per heavy atom. The normalized spacial score (nSPS) is 8.92. The molecule has 24 heavy (non-hydrogen) atoms. The van der Waals surface area contributed by atoms with E-state index < -0.39 is 10.9 Å². The number of carbonyl (C=O) groups excluding carboxylic acids is 1. The summed E-state index contributed by atoms with van der Waals surface area (Å²) in [5, 5.41) is 10.8. The van der Waals surface area contributed by atoms with Crippen molar-refractivity contribution < 1.29 is 14.5 Å². The van der Waals surface area contributed by atoms with Crippen molar-refractivity contribution in [3.8, 4) is 11.1 Å². The first-order valence-electron chi connectivity index (χ1n) is 7.82. The molecule has 0 saturated heterocycles. The number of aryl methyl sites for hydroxylation is 1. The van der Waals surface area contributed by atoms with Crippen LogP contribution in [0.2, 0.25) is 0 Å². The molecule has 6 heteroatoms. The van der Waals surface area contributed by atoms with Crippen molar-refractivity contribution >= 4 is 11.7 Å². The molecule has 0 aliphatic carbocycles. The Kier molecular flexibility index (Phi) is 9.63. The van der Waals surface area contributed by atoms with Gasteiger partial charge in [0.1, 0.15) is 6.20 Å². The second-order valence-corrected chi connectivity index (χ2v) is 4.15. The second-order valence-electron chi connectivity index (χ2n) is 4.15.